The molecule has 2 aromatic heterocycles. The molecule has 7 heteroatoms. The van der Waals surface area contributed by atoms with Crippen LogP contribution in [-0.2, 0) is 13.0 Å². The van der Waals surface area contributed by atoms with Crippen molar-refractivity contribution in [3.05, 3.63) is 77.9 Å². The van der Waals surface area contributed by atoms with E-state index in [1.807, 2.05) is 6.07 Å². The fourth-order valence-electron chi connectivity index (χ4n) is 2.27. The third-order valence-corrected chi connectivity index (χ3v) is 3.56. The molecule has 0 aliphatic heterocycles. The second-order valence-corrected chi connectivity index (χ2v) is 5.32. The van der Waals surface area contributed by atoms with Gasteiger partial charge in [-0.15, -0.1) is 0 Å². The third-order valence-electron chi connectivity index (χ3n) is 3.56. The molecule has 0 fully saturated rings. The smallest absolute Gasteiger partial charge is 0.270 e. The van der Waals surface area contributed by atoms with Crippen molar-refractivity contribution in [2.45, 2.75) is 13.0 Å². The summed E-state index contributed by atoms with van der Waals surface area (Å²) >= 11 is 0. The summed E-state index contributed by atoms with van der Waals surface area (Å²) in [6.45, 7) is 0.775. The zero-order valence-corrected chi connectivity index (χ0v) is 13.4. The van der Waals surface area contributed by atoms with Crippen LogP contribution < -0.4 is 10.6 Å². The van der Waals surface area contributed by atoms with E-state index in [1.165, 1.54) is 12.4 Å². The zero-order chi connectivity index (χ0) is 17.5. The normalized spacial score (nSPS) is 10.4. The lowest BCUT2D eigenvalue weighted by Gasteiger charge is -2.07. The first-order valence-corrected chi connectivity index (χ1v) is 7.82. The first-order chi connectivity index (χ1) is 12.2. The average Bonchev–Trinajstić information content (AvgIpc) is 3.15. The Kier molecular flexibility index (Phi) is 5.36. The highest BCUT2D eigenvalue weighted by Crippen LogP contribution is 2.09. The second kappa shape index (κ2) is 8.05. The summed E-state index contributed by atoms with van der Waals surface area (Å²) in [4.78, 5) is 20.2. The fourth-order valence-corrected chi connectivity index (χ4v) is 2.27. The van der Waals surface area contributed by atoms with Gasteiger partial charge in [0, 0.05) is 12.6 Å². The molecule has 0 aliphatic carbocycles. The minimum Gasteiger partial charge on any atom is -0.467 e. The third kappa shape index (κ3) is 4.63. The van der Waals surface area contributed by atoms with E-state index in [1.54, 1.807) is 36.6 Å². The van der Waals surface area contributed by atoms with Crippen molar-refractivity contribution >= 4 is 11.7 Å². The predicted octanol–water partition coefficient (Wildman–Crippen LogP) is 2.79. The van der Waals surface area contributed by atoms with Crippen molar-refractivity contribution in [2.75, 3.05) is 11.9 Å². The van der Waals surface area contributed by atoms with Crippen molar-refractivity contribution in [1.82, 2.24) is 15.3 Å². The maximum atomic E-state index is 13.5. The lowest BCUT2D eigenvalue weighted by molar-refractivity contribution is 0.0949. The molecular formula is C18H17FN4O2. The van der Waals surface area contributed by atoms with Crippen LogP contribution in [0, 0.1) is 5.82 Å². The molecule has 0 unspecified atom stereocenters. The van der Waals surface area contributed by atoms with Gasteiger partial charge in [-0.05, 0) is 30.2 Å². The molecule has 0 radical (unpaired) electrons. The highest BCUT2D eigenvalue weighted by Gasteiger charge is 2.09. The van der Waals surface area contributed by atoms with Crippen LogP contribution in [0.1, 0.15) is 21.8 Å². The van der Waals surface area contributed by atoms with Crippen LogP contribution in [0.5, 0.6) is 0 Å². The molecule has 0 bridgehead atoms. The van der Waals surface area contributed by atoms with E-state index < -0.39 is 0 Å². The van der Waals surface area contributed by atoms with Gasteiger partial charge >= 0.3 is 0 Å². The number of furan rings is 1. The van der Waals surface area contributed by atoms with Crippen molar-refractivity contribution in [1.29, 1.82) is 0 Å². The Morgan fingerprint density at radius 3 is 2.84 bits per heavy atom. The van der Waals surface area contributed by atoms with Gasteiger partial charge in [0.2, 0.25) is 0 Å². The number of hydrogen-bond donors (Lipinski definition) is 2. The van der Waals surface area contributed by atoms with Crippen LogP contribution in [0.3, 0.4) is 0 Å². The molecule has 2 N–H and O–H groups in total. The van der Waals surface area contributed by atoms with Crippen molar-refractivity contribution < 1.29 is 13.6 Å². The summed E-state index contributed by atoms with van der Waals surface area (Å²) in [6.07, 6.45) is 3.31. The summed E-state index contributed by atoms with van der Waals surface area (Å²) in [5, 5.41) is 5.79. The number of amides is 1. The minimum absolute atomic E-state index is 0.241. The summed E-state index contributed by atoms with van der Waals surface area (Å²) in [7, 11) is 0. The van der Waals surface area contributed by atoms with Crippen LogP contribution >= 0.6 is 0 Å². The maximum Gasteiger partial charge on any atom is 0.270 e. The fraction of sp³-hybridized carbons (Fsp3) is 0.167. The molecule has 0 saturated heterocycles. The zero-order valence-electron chi connectivity index (χ0n) is 13.4. The summed E-state index contributed by atoms with van der Waals surface area (Å²) in [6, 6.07) is 11.7. The minimum atomic E-state index is -0.334. The molecule has 6 nitrogen and oxygen atoms in total. The molecule has 1 amide bonds. The topological polar surface area (TPSA) is 80.0 Å². The molecule has 0 aliphatic rings. The Bertz CT molecular complexity index is 837. The van der Waals surface area contributed by atoms with E-state index in [4.69, 9.17) is 4.42 Å². The van der Waals surface area contributed by atoms with Crippen LogP contribution in [0.4, 0.5) is 10.2 Å². The SMILES string of the molecule is O=C(NCCc1ccccc1F)c1cc(NCc2ccco2)ncn1. The van der Waals surface area contributed by atoms with E-state index in [0.29, 0.717) is 30.9 Å². The predicted molar refractivity (Wildman–Crippen MR) is 90.5 cm³/mol. The number of rotatable bonds is 7. The molecule has 0 saturated carbocycles. The molecule has 3 rings (SSSR count). The number of halogens is 1. The second-order valence-electron chi connectivity index (χ2n) is 5.32. The number of aromatic nitrogens is 2. The van der Waals surface area contributed by atoms with Crippen LogP contribution in [0.2, 0.25) is 0 Å². The van der Waals surface area contributed by atoms with Gasteiger partial charge in [-0.25, -0.2) is 14.4 Å². The van der Waals surface area contributed by atoms with E-state index in [9.17, 15) is 9.18 Å². The quantitative estimate of drug-likeness (QED) is 0.691. The lowest BCUT2D eigenvalue weighted by Crippen LogP contribution is -2.27. The molecule has 0 spiro atoms. The van der Waals surface area contributed by atoms with Gasteiger partial charge in [-0.1, -0.05) is 18.2 Å². The van der Waals surface area contributed by atoms with Crippen LogP contribution in [-0.4, -0.2) is 22.4 Å². The Morgan fingerprint density at radius 1 is 1.16 bits per heavy atom. The van der Waals surface area contributed by atoms with Gasteiger partial charge in [-0.3, -0.25) is 4.79 Å². The van der Waals surface area contributed by atoms with Crippen molar-refractivity contribution in [3.63, 3.8) is 0 Å². The van der Waals surface area contributed by atoms with E-state index in [2.05, 4.69) is 20.6 Å². The number of benzene rings is 1. The largest absolute Gasteiger partial charge is 0.467 e. The molecule has 2 heterocycles. The Morgan fingerprint density at radius 2 is 2.04 bits per heavy atom. The highest BCUT2D eigenvalue weighted by molar-refractivity contribution is 5.92. The number of carbonyl (C=O) groups excluding carboxylic acids is 1. The van der Waals surface area contributed by atoms with E-state index in [0.717, 1.165) is 5.76 Å². The summed E-state index contributed by atoms with van der Waals surface area (Å²) < 4.78 is 18.8. The molecule has 0 atom stereocenters. The number of nitrogens with zero attached hydrogens (tertiary/aromatic N) is 2. The molecule has 3 aromatic rings. The average molecular weight is 340 g/mol. The van der Waals surface area contributed by atoms with Crippen molar-refractivity contribution in [3.8, 4) is 0 Å². The van der Waals surface area contributed by atoms with Gasteiger partial charge in [0.1, 0.15) is 29.4 Å². The molecule has 1 aromatic carbocycles. The van der Waals surface area contributed by atoms with Gasteiger partial charge in [-0.2, -0.15) is 0 Å². The first kappa shape index (κ1) is 16.6. The Hall–Kier alpha value is -3.22. The monoisotopic (exact) mass is 340 g/mol. The van der Waals surface area contributed by atoms with Gasteiger partial charge in [0.25, 0.3) is 5.91 Å². The van der Waals surface area contributed by atoms with Gasteiger partial charge in [0.05, 0.1) is 12.8 Å². The number of nitrogens with one attached hydrogen (secondary N) is 2. The number of carbonyl (C=O) groups is 1. The number of hydrogen-bond acceptors (Lipinski definition) is 5. The number of anilines is 1. The van der Waals surface area contributed by atoms with Crippen molar-refractivity contribution in [2.24, 2.45) is 0 Å². The van der Waals surface area contributed by atoms with E-state index >= 15 is 0 Å². The highest BCUT2D eigenvalue weighted by atomic mass is 19.1. The first-order valence-electron chi connectivity index (χ1n) is 7.82. The van der Waals surface area contributed by atoms with E-state index in [-0.39, 0.29) is 17.4 Å². The Labute approximate surface area is 144 Å². The van der Waals surface area contributed by atoms with Crippen LogP contribution in [0.15, 0.2) is 59.5 Å². The molecule has 128 valence electrons. The molecular weight excluding hydrogens is 323 g/mol. The van der Waals surface area contributed by atoms with Gasteiger partial charge < -0.3 is 15.1 Å². The van der Waals surface area contributed by atoms with Crippen LogP contribution in [0.25, 0.3) is 0 Å². The summed E-state index contributed by atoms with van der Waals surface area (Å²) in [5.41, 5.74) is 0.803. The molecule has 25 heavy (non-hydrogen) atoms. The summed E-state index contributed by atoms with van der Waals surface area (Å²) in [5.74, 6) is 0.670. The Balaban J connectivity index is 1.53. The standard InChI is InChI=1S/C18H17FN4O2/c19-15-6-2-1-4-13(15)7-8-20-18(24)16-10-17(23-12-22-16)21-11-14-5-3-9-25-14/h1-6,9-10,12H,7-8,11H2,(H,20,24)(H,21,22,23). The maximum absolute atomic E-state index is 13.5. The lowest BCUT2D eigenvalue weighted by atomic mass is 10.1. The van der Waals surface area contributed by atoms with Gasteiger partial charge in [0.15, 0.2) is 0 Å².